The quantitative estimate of drug-likeness (QED) is 0.787. The molecule has 0 bridgehead atoms. The molecule has 1 saturated carbocycles. The van der Waals surface area contributed by atoms with Crippen molar-refractivity contribution >= 4 is 5.91 Å². The van der Waals surface area contributed by atoms with Crippen LogP contribution in [0.3, 0.4) is 0 Å². The molecule has 2 aliphatic rings. The molecule has 1 aliphatic carbocycles. The van der Waals surface area contributed by atoms with Crippen molar-refractivity contribution in [3.63, 3.8) is 0 Å². The van der Waals surface area contributed by atoms with Crippen molar-refractivity contribution in [3.05, 3.63) is 0 Å². The van der Waals surface area contributed by atoms with Crippen LogP contribution in [-0.2, 0) is 9.53 Å². The fraction of sp³-hybridized carbons (Fsp3) is 0.923. The largest absolute Gasteiger partial charge is 0.377 e. The molecule has 1 amide bonds. The second kappa shape index (κ2) is 5.83. The number of carbonyl (C=O) groups excluding carboxylic acids is 1. The van der Waals surface area contributed by atoms with Crippen molar-refractivity contribution in [1.82, 2.24) is 4.90 Å². The van der Waals surface area contributed by atoms with E-state index in [2.05, 4.69) is 6.92 Å². The second-order valence-corrected chi connectivity index (χ2v) is 5.28. The molecule has 1 unspecified atom stereocenters. The summed E-state index contributed by atoms with van der Waals surface area (Å²) in [6, 6.07) is 0.595. The van der Waals surface area contributed by atoms with E-state index in [1.54, 1.807) is 0 Å². The minimum absolute atomic E-state index is 0.210. The zero-order chi connectivity index (χ0) is 12.3. The van der Waals surface area contributed by atoms with Crippen LogP contribution in [0, 0.1) is 5.92 Å². The Morgan fingerprint density at radius 3 is 2.71 bits per heavy atom. The minimum atomic E-state index is 0.210. The van der Waals surface area contributed by atoms with Crippen LogP contribution in [0.5, 0.6) is 0 Å². The van der Waals surface area contributed by atoms with Gasteiger partial charge in [0.05, 0.1) is 19.3 Å². The Morgan fingerprint density at radius 2 is 2.06 bits per heavy atom. The van der Waals surface area contributed by atoms with Crippen LogP contribution < -0.4 is 5.73 Å². The Morgan fingerprint density at radius 1 is 1.35 bits per heavy atom. The molecule has 0 aromatic heterocycles. The number of nitrogens with two attached hydrogens (primary N) is 1. The Kier molecular flexibility index (Phi) is 4.40. The van der Waals surface area contributed by atoms with E-state index < -0.39 is 0 Å². The number of ether oxygens (including phenoxy) is 1. The second-order valence-electron chi connectivity index (χ2n) is 5.28. The Labute approximate surface area is 103 Å². The van der Waals surface area contributed by atoms with Crippen LogP contribution in [0.2, 0.25) is 0 Å². The standard InChI is InChI=1S/C13H24N2O2/c1-2-12-9-17-8-7-15(12)13(16)10-3-5-11(14)6-4-10/h10-12H,2-9,14H2,1H3. The third kappa shape index (κ3) is 2.99. The maximum atomic E-state index is 12.5. The first kappa shape index (κ1) is 12.8. The zero-order valence-corrected chi connectivity index (χ0v) is 10.7. The Bertz CT molecular complexity index is 262. The van der Waals surface area contributed by atoms with Crippen molar-refractivity contribution < 1.29 is 9.53 Å². The molecule has 4 heteroatoms. The molecule has 98 valence electrons. The first-order valence-electron chi connectivity index (χ1n) is 6.86. The molecule has 4 nitrogen and oxygen atoms in total. The van der Waals surface area contributed by atoms with Gasteiger partial charge in [-0.1, -0.05) is 6.92 Å². The van der Waals surface area contributed by atoms with Crippen LogP contribution in [0.4, 0.5) is 0 Å². The van der Waals surface area contributed by atoms with Crippen molar-refractivity contribution in [3.8, 4) is 0 Å². The molecule has 17 heavy (non-hydrogen) atoms. The molecule has 1 aliphatic heterocycles. The summed E-state index contributed by atoms with van der Waals surface area (Å²) in [7, 11) is 0. The first-order valence-corrected chi connectivity index (χ1v) is 6.86. The van der Waals surface area contributed by atoms with Gasteiger partial charge in [-0.15, -0.1) is 0 Å². The van der Waals surface area contributed by atoms with Gasteiger partial charge < -0.3 is 15.4 Å². The van der Waals surface area contributed by atoms with Gasteiger partial charge in [0.15, 0.2) is 0 Å². The lowest BCUT2D eigenvalue weighted by Crippen LogP contribution is -2.51. The van der Waals surface area contributed by atoms with Crippen molar-refractivity contribution in [2.45, 2.75) is 51.1 Å². The van der Waals surface area contributed by atoms with Gasteiger partial charge in [-0.2, -0.15) is 0 Å². The number of hydrogen-bond donors (Lipinski definition) is 1. The molecule has 0 aromatic rings. The fourth-order valence-corrected chi connectivity index (χ4v) is 2.88. The topological polar surface area (TPSA) is 55.6 Å². The normalized spacial score (nSPS) is 34.7. The minimum Gasteiger partial charge on any atom is -0.377 e. The summed E-state index contributed by atoms with van der Waals surface area (Å²) in [5.74, 6) is 0.550. The third-order valence-corrected chi connectivity index (χ3v) is 4.10. The molecule has 2 N–H and O–H groups in total. The maximum absolute atomic E-state index is 12.5. The first-order chi connectivity index (χ1) is 8.22. The van der Waals surface area contributed by atoms with E-state index in [1.165, 1.54) is 0 Å². The van der Waals surface area contributed by atoms with Gasteiger partial charge in [0, 0.05) is 18.5 Å². The van der Waals surface area contributed by atoms with E-state index in [0.29, 0.717) is 25.2 Å². The highest BCUT2D eigenvalue weighted by Crippen LogP contribution is 2.26. The average molecular weight is 240 g/mol. The maximum Gasteiger partial charge on any atom is 0.226 e. The van der Waals surface area contributed by atoms with Gasteiger partial charge in [0.25, 0.3) is 0 Å². The van der Waals surface area contributed by atoms with Gasteiger partial charge in [0.2, 0.25) is 5.91 Å². The molecule has 0 spiro atoms. The zero-order valence-electron chi connectivity index (χ0n) is 10.7. The summed E-state index contributed by atoms with van der Waals surface area (Å²) in [4.78, 5) is 14.5. The monoisotopic (exact) mass is 240 g/mol. The predicted molar refractivity (Wildman–Crippen MR) is 66.5 cm³/mol. The van der Waals surface area contributed by atoms with Gasteiger partial charge in [-0.05, 0) is 32.1 Å². The van der Waals surface area contributed by atoms with Gasteiger partial charge >= 0.3 is 0 Å². The van der Waals surface area contributed by atoms with Crippen LogP contribution in [-0.4, -0.2) is 42.6 Å². The van der Waals surface area contributed by atoms with Gasteiger partial charge in [-0.3, -0.25) is 4.79 Å². The highest BCUT2D eigenvalue weighted by molar-refractivity contribution is 5.79. The SMILES string of the molecule is CCC1COCCN1C(=O)C1CCC(N)CC1. The highest BCUT2D eigenvalue weighted by Gasteiger charge is 2.32. The Hall–Kier alpha value is -0.610. The summed E-state index contributed by atoms with van der Waals surface area (Å²) >= 11 is 0. The smallest absolute Gasteiger partial charge is 0.226 e. The molecule has 0 aromatic carbocycles. The highest BCUT2D eigenvalue weighted by atomic mass is 16.5. The van der Waals surface area contributed by atoms with Crippen molar-refractivity contribution in [2.75, 3.05) is 19.8 Å². The molecule has 0 radical (unpaired) electrons. The number of amides is 1. The third-order valence-electron chi connectivity index (χ3n) is 4.10. The molecular formula is C13H24N2O2. The molecule has 1 atom stereocenters. The van der Waals surface area contributed by atoms with E-state index in [-0.39, 0.29) is 12.0 Å². The van der Waals surface area contributed by atoms with E-state index in [1.807, 2.05) is 4.90 Å². The summed E-state index contributed by atoms with van der Waals surface area (Å²) in [6.45, 7) is 4.28. The lowest BCUT2D eigenvalue weighted by Gasteiger charge is -2.38. The molecule has 2 rings (SSSR count). The summed E-state index contributed by atoms with van der Waals surface area (Å²) in [6.07, 6.45) is 4.91. The number of nitrogens with zero attached hydrogens (tertiary/aromatic N) is 1. The molecular weight excluding hydrogens is 216 g/mol. The van der Waals surface area contributed by atoms with E-state index in [0.717, 1.165) is 38.6 Å². The van der Waals surface area contributed by atoms with E-state index >= 15 is 0 Å². The lowest BCUT2D eigenvalue weighted by molar-refractivity contribution is -0.145. The number of hydrogen-bond acceptors (Lipinski definition) is 3. The lowest BCUT2D eigenvalue weighted by atomic mass is 9.85. The average Bonchev–Trinajstić information content (AvgIpc) is 2.39. The van der Waals surface area contributed by atoms with Crippen LogP contribution in [0.1, 0.15) is 39.0 Å². The van der Waals surface area contributed by atoms with Crippen LogP contribution in [0.25, 0.3) is 0 Å². The molecule has 1 heterocycles. The summed E-state index contributed by atoms with van der Waals surface area (Å²) in [5, 5.41) is 0. The number of morpholine rings is 1. The Balaban J connectivity index is 1.93. The summed E-state index contributed by atoms with van der Waals surface area (Å²) in [5.41, 5.74) is 5.88. The predicted octanol–water partition coefficient (Wildman–Crippen LogP) is 1.14. The summed E-state index contributed by atoms with van der Waals surface area (Å²) < 4.78 is 5.44. The van der Waals surface area contributed by atoms with Crippen LogP contribution in [0.15, 0.2) is 0 Å². The fourth-order valence-electron chi connectivity index (χ4n) is 2.88. The number of rotatable bonds is 2. The van der Waals surface area contributed by atoms with E-state index in [9.17, 15) is 4.79 Å². The molecule has 1 saturated heterocycles. The number of carbonyl (C=O) groups is 1. The van der Waals surface area contributed by atoms with Gasteiger partial charge in [0.1, 0.15) is 0 Å². The van der Waals surface area contributed by atoms with E-state index in [4.69, 9.17) is 10.5 Å². The van der Waals surface area contributed by atoms with Crippen molar-refractivity contribution in [1.29, 1.82) is 0 Å². The van der Waals surface area contributed by atoms with Crippen molar-refractivity contribution in [2.24, 2.45) is 11.7 Å². The van der Waals surface area contributed by atoms with Gasteiger partial charge in [-0.25, -0.2) is 0 Å². The van der Waals surface area contributed by atoms with Crippen LogP contribution >= 0.6 is 0 Å². The molecule has 2 fully saturated rings.